The highest BCUT2D eigenvalue weighted by Crippen LogP contribution is 2.27. The van der Waals surface area contributed by atoms with Gasteiger partial charge in [-0.05, 0) is 56.5 Å². The third-order valence-electron chi connectivity index (χ3n) is 4.27. The van der Waals surface area contributed by atoms with Crippen molar-refractivity contribution in [3.8, 4) is 0 Å². The number of benzene rings is 2. The van der Waals surface area contributed by atoms with Gasteiger partial charge in [0.05, 0.1) is 10.6 Å². The van der Waals surface area contributed by atoms with Crippen LogP contribution in [0.4, 0.5) is 5.69 Å². The molecule has 0 aromatic heterocycles. The van der Waals surface area contributed by atoms with E-state index < -0.39 is 10.0 Å². The molecule has 2 aromatic rings. The molecule has 140 valence electrons. The number of hydrogen-bond donors (Lipinski definition) is 1. The standard InChI is InChI=1S/C20H26N2O3S/c1-5-17(4)21-20(23)14-22(19-13-15(2)11-12-16(19)3)26(24,25)18-9-7-6-8-10-18/h6-13,17H,5,14H2,1-4H3,(H,21,23). The van der Waals surface area contributed by atoms with Gasteiger partial charge in [0.25, 0.3) is 10.0 Å². The Hall–Kier alpha value is -2.34. The number of nitrogens with zero attached hydrogens (tertiary/aromatic N) is 1. The maximum absolute atomic E-state index is 13.2. The third kappa shape index (κ3) is 4.64. The smallest absolute Gasteiger partial charge is 0.264 e. The minimum atomic E-state index is -3.86. The lowest BCUT2D eigenvalue weighted by Gasteiger charge is -2.26. The number of rotatable bonds is 7. The molecule has 1 atom stereocenters. The summed E-state index contributed by atoms with van der Waals surface area (Å²) in [7, 11) is -3.86. The van der Waals surface area contributed by atoms with Crippen LogP contribution in [0.15, 0.2) is 53.4 Å². The van der Waals surface area contributed by atoms with Gasteiger partial charge in [0, 0.05) is 6.04 Å². The number of hydrogen-bond acceptors (Lipinski definition) is 3. The van der Waals surface area contributed by atoms with E-state index in [1.54, 1.807) is 36.4 Å². The van der Waals surface area contributed by atoms with E-state index in [1.807, 2.05) is 39.8 Å². The van der Waals surface area contributed by atoms with Crippen molar-refractivity contribution in [1.82, 2.24) is 5.32 Å². The van der Waals surface area contributed by atoms with Crippen molar-refractivity contribution in [3.05, 3.63) is 59.7 Å². The first-order valence-corrected chi connectivity index (χ1v) is 10.1. The van der Waals surface area contributed by atoms with E-state index >= 15 is 0 Å². The number of anilines is 1. The average Bonchev–Trinajstić information content (AvgIpc) is 2.62. The van der Waals surface area contributed by atoms with Crippen LogP contribution in [-0.4, -0.2) is 26.9 Å². The number of nitrogens with one attached hydrogen (secondary N) is 1. The molecule has 26 heavy (non-hydrogen) atoms. The van der Waals surface area contributed by atoms with Gasteiger partial charge in [-0.2, -0.15) is 0 Å². The van der Waals surface area contributed by atoms with Crippen LogP contribution in [0.25, 0.3) is 0 Å². The summed E-state index contributed by atoms with van der Waals surface area (Å²) in [5.74, 6) is -0.320. The van der Waals surface area contributed by atoms with E-state index in [9.17, 15) is 13.2 Å². The Balaban J connectivity index is 2.49. The summed E-state index contributed by atoms with van der Waals surface area (Å²) in [5.41, 5.74) is 2.25. The molecule has 0 spiro atoms. The molecule has 0 heterocycles. The molecule has 2 aromatic carbocycles. The Labute approximate surface area is 156 Å². The lowest BCUT2D eigenvalue weighted by atomic mass is 10.1. The molecule has 0 aliphatic heterocycles. The summed E-state index contributed by atoms with van der Waals surface area (Å²) < 4.78 is 27.7. The molecule has 0 saturated heterocycles. The Morgan fingerprint density at radius 2 is 1.77 bits per heavy atom. The second kappa shape index (κ2) is 8.36. The monoisotopic (exact) mass is 374 g/mol. The van der Waals surface area contributed by atoms with Crippen molar-refractivity contribution < 1.29 is 13.2 Å². The lowest BCUT2D eigenvalue weighted by Crippen LogP contribution is -2.43. The number of aryl methyl sites for hydroxylation is 2. The molecule has 0 radical (unpaired) electrons. The molecule has 0 aliphatic carbocycles. The quantitative estimate of drug-likeness (QED) is 0.808. The second-order valence-electron chi connectivity index (χ2n) is 6.49. The van der Waals surface area contributed by atoms with E-state index in [2.05, 4.69) is 5.32 Å². The van der Waals surface area contributed by atoms with Gasteiger partial charge in [-0.1, -0.05) is 37.3 Å². The minimum absolute atomic E-state index is 0.0117. The van der Waals surface area contributed by atoms with Crippen LogP contribution in [0, 0.1) is 13.8 Å². The van der Waals surface area contributed by atoms with Gasteiger partial charge in [-0.3, -0.25) is 9.10 Å². The van der Waals surface area contributed by atoms with Crippen LogP contribution in [-0.2, 0) is 14.8 Å². The summed E-state index contributed by atoms with van der Waals surface area (Å²) in [6, 6.07) is 13.8. The fourth-order valence-corrected chi connectivity index (χ4v) is 4.06. The summed E-state index contributed by atoms with van der Waals surface area (Å²) in [6.45, 7) is 7.34. The molecule has 6 heteroatoms. The molecular weight excluding hydrogens is 348 g/mol. The van der Waals surface area contributed by atoms with E-state index in [-0.39, 0.29) is 23.4 Å². The summed E-state index contributed by atoms with van der Waals surface area (Å²) in [4.78, 5) is 12.6. The zero-order valence-corrected chi connectivity index (χ0v) is 16.5. The van der Waals surface area contributed by atoms with Crippen molar-refractivity contribution in [3.63, 3.8) is 0 Å². The van der Waals surface area contributed by atoms with Gasteiger partial charge >= 0.3 is 0 Å². The Morgan fingerprint density at radius 3 is 2.38 bits per heavy atom. The van der Waals surface area contributed by atoms with Crippen molar-refractivity contribution in [2.45, 2.75) is 45.1 Å². The van der Waals surface area contributed by atoms with Gasteiger partial charge in [0.2, 0.25) is 5.91 Å². The van der Waals surface area contributed by atoms with Crippen LogP contribution in [0.1, 0.15) is 31.4 Å². The van der Waals surface area contributed by atoms with Gasteiger partial charge in [0.1, 0.15) is 6.54 Å². The van der Waals surface area contributed by atoms with Crippen molar-refractivity contribution >= 4 is 21.6 Å². The van der Waals surface area contributed by atoms with Gasteiger partial charge < -0.3 is 5.32 Å². The summed E-state index contributed by atoms with van der Waals surface area (Å²) in [5, 5.41) is 2.84. The predicted octanol–water partition coefficient (Wildman–Crippen LogP) is 3.41. The normalized spacial score (nSPS) is 12.5. The van der Waals surface area contributed by atoms with E-state index in [0.717, 1.165) is 17.5 Å². The number of sulfonamides is 1. The zero-order chi connectivity index (χ0) is 19.3. The first-order valence-electron chi connectivity index (χ1n) is 8.70. The van der Waals surface area contributed by atoms with E-state index in [1.165, 1.54) is 4.31 Å². The van der Waals surface area contributed by atoms with Gasteiger partial charge in [-0.15, -0.1) is 0 Å². The molecule has 5 nitrogen and oxygen atoms in total. The third-order valence-corrected chi connectivity index (χ3v) is 6.05. The number of amides is 1. The number of carbonyl (C=O) groups is 1. The molecule has 0 aliphatic rings. The highest BCUT2D eigenvalue weighted by atomic mass is 32.2. The minimum Gasteiger partial charge on any atom is -0.352 e. The highest BCUT2D eigenvalue weighted by molar-refractivity contribution is 7.92. The van der Waals surface area contributed by atoms with Crippen LogP contribution >= 0.6 is 0 Å². The van der Waals surface area contributed by atoms with Crippen LogP contribution < -0.4 is 9.62 Å². The molecule has 0 saturated carbocycles. The summed E-state index contributed by atoms with van der Waals surface area (Å²) >= 11 is 0. The number of carbonyl (C=O) groups excluding carboxylic acids is 1. The van der Waals surface area contributed by atoms with Crippen molar-refractivity contribution in [2.75, 3.05) is 10.8 Å². The topological polar surface area (TPSA) is 66.5 Å². The van der Waals surface area contributed by atoms with Gasteiger partial charge in [-0.25, -0.2) is 8.42 Å². The predicted molar refractivity (Wildman–Crippen MR) is 105 cm³/mol. The lowest BCUT2D eigenvalue weighted by molar-refractivity contribution is -0.120. The average molecular weight is 375 g/mol. The molecule has 0 fully saturated rings. The second-order valence-corrected chi connectivity index (χ2v) is 8.35. The SMILES string of the molecule is CCC(C)NC(=O)CN(c1cc(C)ccc1C)S(=O)(=O)c1ccccc1. The van der Waals surface area contributed by atoms with Crippen molar-refractivity contribution in [1.29, 1.82) is 0 Å². The van der Waals surface area contributed by atoms with Crippen LogP contribution in [0.5, 0.6) is 0 Å². The van der Waals surface area contributed by atoms with E-state index in [0.29, 0.717) is 5.69 Å². The fourth-order valence-electron chi connectivity index (χ4n) is 2.56. The van der Waals surface area contributed by atoms with Crippen LogP contribution in [0.3, 0.4) is 0 Å². The zero-order valence-electron chi connectivity index (χ0n) is 15.7. The first-order chi connectivity index (χ1) is 12.3. The molecule has 2 rings (SSSR count). The maximum atomic E-state index is 13.2. The van der Waals surface area contributed by atoms with E-state index in [4.69, 9.17) is 0 Å². The molecule has 1 unspecified atom stereocenters. The maximum Gasteiger partial charge on any atom is 0.264 e. The molecule has 1 N–H and O–H groups in total. The summed E-state index contributed by atoms with van der Waals surface area (Å²) in [6.07, 6.45) is 0.778. The first kappa shape index (κ1) is 20.0. The fraction of sp³-hybridized carbons (Fsp3) is 0.350. The van der Waals surface area contributed by atoms with Gasteiger partial charge in [0.15, 0.2) is 0 Å². The molecular formula is C20H26N2O3S. The largest absolute Gasteiger partial charge is 0.352 e. The Bertz CT molecular complexity index is 864. The highest BCUT2D eigenvalue weighted by Gasteiger charge is 2.28. The molecule has 1 amide bonds. The van der Waals surface area contributed by atoms with Crippen LogP contribution in [0.2, 0.25) is 0 Å². The van der Waals surface area contributed by atoms with Crippen molar-refractivity contribution in [2.24, 2.45) is 0 Å². The Kier molecular flexibility index (Phi) is 6.42. The Morgan fingerprint density at radius 1 is 1.12 bits per heavy atom. The molecule has 0 bridgehead atoms.